The molecule has 5 heteroatoms. The Balaban J connectivity index is 2.35. The molecule has 0 spiro atoms. The maximum atomic E-state index is 11.1. The van der Waals surface area contributed by atoms with E-state index in [1.54, 1.807) is 0 Å². The Hall–Kier alpha value is -0.650. The molecular weight excluding hydrogens is 204 g/mol. The van der Waals surface area contributed by atoms with Crippen molar-refractivity contribution in [2.45, 2.75) is 38.8 Å². The van der Waals surface area contributed by atoms with Crippen molar-refractivity contribution in [3.63, 3.8) is 0 Å². The van der Waals surface area contributed by atoms with E-state index in [0.717, 1.165) is 26.1 Å². The van der Waals surface area contributed by atoms with Gasteiger partial charge in [0.15, 0.2) is 0 Å². The lowest BCUT2D eigenvalue weighted by molar-refractivity contribution is -0.121. The van der Waals surface area contributed by atoms with E-state index in [1.807, 2.05) is 0 Å². The average molecular weight is 228 g/mol. The first-order chi connectivity index (χ1) is 7.54. The van der Waals surface area contributed by atoms with Crippen LogP contribution in [0.3, 0.4) is 0 Å². The highest BCUT2D eigenvalue weighted by Crippen LogP contribution is 2.15. The minimum absolute atomic E-state index is 0.0753. The third kappa shape index (κ3) is 3.73. The summed E-state index contributed by atoms with van der Waals surface area (Å²) in [6, 6.07) is 1.01. The Labute approximate surface area is 97.9 Å². The highest BCUT2D eigenvalue weighted by Gasteiger charge is 2.25. The molecule has 2 unspecified atom stereocenters. The molecule has 3 N–H and O–H groups in total. The van der Waals surface area contributed by atoms with Crippen LogP contribution in [0.5, 0.6) is 0 Å². The van der Waals surface area contributed by atoms with E-state index in [4.69, 9.17) is 5.84 Å². The molecule has 5 nitrogen and oxygen atoms in total. The largest absolute Gasteiger partial charge is 0.304 e. The number of hydrazine groups is 1. The second-order valence-electron chi connectivity index (χ2n) is 4.80. The van der Waals surface area contributed by atoms with Crippen molar-refractivity contribution in [3.8, 4) is 0 Å². The van der Waals surface area contributed by atoms with Gasteiger partial charge in [-0.2, -0.15) is 0 Å². The average Bonchev–Trinajstić information content (AvgIpc) is 2.25. The standard InChI is InChI=1S/C11H24N4O/c1-9(4-5-11(16)13-12)15-7-6-14(3)8-10(15)2/h9-10H,4-8,12H2,1-3H3,(H,13,16). The molecule has 0 saturated carbocycles. The Morgan fingerprint density at radius 3 is 2.81 bits per heavy atom. The fraction of sp³-hybridized carbons (Fsp3) is 0.909. The zero-order valence-corrected chi connectivity index (χ0v) is 10.6. The Morgan fingerprint density at radius 2 is 2.25 bits per heavy atom. The summed E-state index contributed by atoms with van der Waals surface area (Å²) in [5.74, 6) is 4.99. The fourth-order valence-electron chi connectivity index (χ4n) is 2.39. The first-order valence-electron chi connectivity index (χ1n) is 5.98. The second kappa shape index (κ2) is 6.18. The number of rotatable bonds is 4. The topological polar surface area (TPSA) is 61.6 Å². The maximum Gasteiger partial charge on any atom is 0.233 e. The minimum atomic E-state index is -0.0753. The van der Waals surface area contributed by atoms with Gasteiger partial charge in [0, 0.05) is 38.1 Å². The number of likely N-dealkylation sites (N-methyl/N-ethyl adjacent to an activating group) is 1. The van der Waals surface area contributed by atoms with Crippen LogP contribution in [0.25, 0.3) is 0 Å². The lowest BCUT2D eigenvalue weighted by Crippen LogP contribution is -2.53. The maximum absolute atomic E-state index is 11.1. The van der Waals surface area contributed by atoms with E-state index in [1.165, 1.54) is 0 Å². The van der Waals surface area contributed by atoms with Gasteiger partial charge in [0.25, 0.3) is 0 Å². The molecule has 1 aliphatic rings. The minimum Gasteiger partial charge on any atom is -0.304 e. The molecule has 1 fully saturated rings. The molecule has 0 bridgehead atoms. The van der Waals surface area contributed by atoms with Gasteiger partial charge in [0.05, 0.1) is 0 Å². The molecule has 2 atom stereocenters. The molecule has 0 radical (unpaired) electrons. The number of hydrogen-bond acceptors (Lipinski definition) is 4. The van der Waals surface area contributed by atoms with Crippen LogP contribution in [-0.2, 0) is 4.79 Å². The molecule has 0 aromatic rings. The van der Waals surface area contributed by atoms with E-state index in [0.29, 0.717) is 18.5 Å². The van der Waals surface area contributed by atoms with Gasteiger partial charge in [0.2, 0.25) is 5.91 Å². The number of piperazine rings is 1. The molecule has 1 heterocycles. The Morgan fingerprint density at radius 1 is 1.56 bits per heavy atom. The number of carbonyl (C=O) groups excluding carboxylic acids is 1. The quantitative estimate of drug-likeness (QED) is 0.397. The fourth-order valence-corrected chi connectivity index (χ4v) is 2.39. The molecule has 0 aliphatic carbocycles. The number of carbonyl (C=O) groups is 1. The highest BCUT2D eigenvalue weighted by molar-refractivity contribution is 5.75. The summed E-state index contributed by atoms with van der Waals surface area (Å²) in [4.78, 5) is 15.9. The zero-order chi connectivity index (χ0) is 12.1. The number of hydrogen-bond donors (Lipinski definition) is 2. The van der Waals surface area contributed by atoms with Crippen LogP contribution in [0.2, 0.25) is 0 Å². The Kier molecular flexibility index (Phi) is 5.18. The molecule has 94 valence electrons. The first-order valence-corrected chi connectivity index (χ1v) is 5.98. The van der Waals surface area contributed by atoms with Gasteiger partial charge in [0.1, 0.15) is 0 Å². The van der Waals surface area contributed by atoms with Gasteiger partial charge in [-0.15, -0.1) is 0 Å². The van der Waals surface area contributed by atoms with Crippen molar-refractivity contribution in [2.24, 2.45) is 5.84 Å². The van der Waals surface area contributed by atoms with Crippen molar-refractivity contribution in [1.29, 1.82) is 0 Å². The monoisotopic (exact) mass is 228 g/mol. The highest BCUT2D eigenvalue weighted by atomic mass is 16.2. The molecule has 1 amide bonds. The number of nitrogens with two attached hydrogens (primary N) is 1. The van der Waals surface area contributed by atoms with Crippen LogP contribution >= 0.6 is 0 Å². The van der Waals surface area contributed by atoms with Crippen molar-refractivity contribution < 1.29 is 4.79 Å². The molecule has 0 aromatic heterocycles. The number of amides is 1. The van der Waals surface area contributed by atoms with Crippen LogP contribution < -0.4 is 11.3 Å². The Bertz CT molecular complexity index is 234. The van der Waals surface area contributed by atoms with Gasteiger partial charge in [-0.25, -0.2) is 5.84 Å². The first kappa shape index (κ1) is 13.4. The van der Waals surface area contributed by atoms with Gasteiger partial charge < -0.3 is 4.90 Å². The van der Waals surface area contributed by atoms with Crippen LogP contribution in [0, 0.1) is 0 Å². The third-order valence-electron chi connectivity index (χ3n) is 3.40. The van der Waals surface area contributed by atoms with Gasteiger partial charge >= 0.3 is 0 Å². The van der Waals surface area contributed by atoms with E-state index >= 15 is 0 Å². The molecular formula is C11H24N4O. The van der Waals surface area contributed by atoms with Crippen molar-refractivity contribution in [2.75, 3.05) is 26.7 Å². The summed E-state index contributed by atoms with van der Waals surface area (Å²) < 4.78 is 0. The molecule has 1 aliphatic heterocycles. The molecule has 1 saturated heterocycles. The lowest BCUT2D eigenvalue weighted by Gasteiger charge is -2.41. The predicted molar refractivity (Wildman–Crippen MR) is 64.7 cm³/mol. The van der Waals surface area contributed by atoms with Crippen molar-refractivity contribution in [1.82, 2.24) is 15.2 Å². The summed E-state index contributed by atoms with van der Waals surface area (Å²) >= 11 is 0. The lowest BCUT2D eigenvalue weighted by atomic mass is 10.1. The predicted octanol–water partition coefficient (Wildman–Crippen LogP) is -0.219. The van der Waals surface area contributed by atoms with E-state index in [-0.39, 0.29) is 5.91 Å². The summed E-state index contributed by atoms with van der Waals surface area (Å²) in [5.41, 5.74) is 2.18. The zero-order valence-electron chi connectivity index (χ0n) is 10.6. The van der Waals surface area contributed by atoms with E-state index in [2.05, 4.69) is 36.1 Å². The summed E-state index contributed by atoms with van der Waals surface area (Å²) in [6.45, 7) is 7.73. The summed E-state index contributed by atoms with van der Waals surface area (Å²) in [5, 5.41) is 0. The van der Waals surface area contributed by atoms with E-state index < -0.39 is 0 Å². The summed E-state index contributed by atoms with van der Waals surface area (Å²) in [6.07, 6.45) is 1.38. The number of nitrogens with one attached hydrogen (secondary N) is 1. The van der Waals surface area contributed by atoms with Crippen LogP contribution in [-0.4, -0.2) is 54.5 Å². The smallest absolute Gasteiger partial charge is 0.233 e. The van der Waals surface area contributed by atoms with Crippen molar-refractivity contribution >= 4 is 5.91 Å². The van der Waals surface area contributed by atoms with Gasteiger partial charge in [-0.05, 0) is 27.3 Å². The van der Waals surface area contributed by atoms with Crippen molar-refractivity contribution in [3.05, 3.63) is 0 Å². The molecule has 0 aromatic carbocycles. The third-order valence-corrected chi connectivity index (χ3v) is 3.40. The SMILES string of the molecule is CC(CCC(=O)NN)N1CCN(C)CC1C. The van der Waals surface area contributed by atoms with Crippen LogP contribution in [0.4, 0.5) is 0 Å². The van der Waals surface area contributed by atoms with Gasteiger partial charge in [-0.1, -0.05) is 0 Å². The summed E-state index contributed by atoms with van der Waals surface area (Å²) in [7, 11) is 2.15. The number of nitrogens with zero attached hydrogens (tertiary/aromatic N) is 2. The normalized spacial score (nSPS) is 25.4. The second-order valence-corrected chi connectivity index (χ2v) is 4.80. The van der Waals surface area contributed by atoms with Crippen LogP contribution in [0.1, 0.15) is 26.7 Å². The van der Waals surface area contributed by atoms with Crippen LogP contribution in [0.15, 0.2) is 0 Å². The van der Waals surface area contributed by atoms with E-state index in [9.17, 15) is 4.79 Å². The molecule has 16 heavy (non-hydrogen) atoms. The molecule has 1 rings (SSSR count). The van der Waals surface area contributed by atoms with Gasteiger partial charge in [-0.3, -0.25) is 15.1 Å².